The van der Waals surface area contributed by atoms with Gasteiger partial charge in [0.25, 0.3) is 15.9 Å². The molecule has 142 valence electrons. The number of nitrogens with zero attached hydrogens (tertiary/aromatic N) is 1. The highest BCUT2D eigenvalue weighted by Gasteiger charge is 2.38. The van der Waals surface area contributed by atoms with Crippen LogP contribution in [0.4, 0.5) is 5.69 Å². The Kier molecular flexibility index (Phi) is 4.61. The van der Waals surface area contributed by atoms with Gasteiger partial charge in [0.15, 0.2) is 0 Å². The van der Waals surface area contributed by atoms with Gasteiger partial charge in [0, 0.05) is 18.3 Å². The molecule has 8 heteroatoms. The number of amides is 1. The summed E-state index contributed by atoms with van der Waals surface area (Å²) in [5.74, 6) is -0.584. The van der Waals surface area contributed by atoms with Crippen LogP contribution in [0.1, 0.15) is 16.7 Å². The highest BCUT2D eigenvalue weighted by atomic mass is 32.2. The first-order chi connectivity index (χ1) is 12.7. The van der Waals surface area contributed by atoms with Crippen molar-refractivity contribution in [3.05, 3.63) is 59.0 Å². The molecule has 0 radical (unpaired) electrons. The molecule has 0 atom stereocenters. The molecular formula is C19H20N2O5S. The lowest BCUT2D eigenvalue weighted by atomic mass is 9.99. The maximum Gasteiger partial charge on any atom is 0.267 e. The van der Waals surface area contributed by atoms with Crippen molar-refractivity contribution in [1.82, 2.24) is 4.31 Å². The molecule has 1 heterocycles. The molecule has 0 fully saturated rings. The number of benzene rings is 2. The topological polar surface area (TPSA) is 95.9 Å². The Morgan fingerprint density at radius 1 is 1.15 bits per heavy atom. The summed E-state index contributed by atoms with van der Waals surface area (Å²) >= 11 is 0. The molecule has 2 aromatic rings. The third kappa shape index (κ3) is 3.12. The molecule has 3 rings (SSSR count). The van der Waals surface area contributed by atoms with E-state index < -0.39 is 21.8 Å². The molecule has 0 saturated heterocycles. The Bertz CT molecular complexity index is 1060. The van der Waals surface area contributed by atoms with E-state index in [2.05, 4.69) is 5.32 Å². The van der Waals surface area contributed by atoms with Gasteiger partial charge in [0.2, 0.25) is 5.88 Å². The van der Waals surface area contributed by atoms with Crippen molar-refractivity contribution in [3.63, 3.8) is 0 Å². The van der Waals surface area contributed by atoms with Crippen LogP contribution in [0.2, 0.25) is 0 Å². The number of ether oxygens (including phenoxy) is 1. The van der Waals surface area contributed by atoms with Crippen LogP contribution in [-0.4, -0.2) is 37.9 Å². The average Bonchev–Trinajstić information content (AvgIpc) is 2.60. The second kappa shape index (κ2) is 6.62. The number of carbonyl (C=O) groups excluding carboxylic acids is 1. The number of carbonyl (C=O) groups is 1. The minimum Gasteiger partial charge on any atom is -0.497 e. The van der Waals surface area contributed by atoms with Crippen LogP contribution >= 0.6 is 0 Å². The molecule has 1 aliphatic rings. The molecule has 1 amide bonds. The summed E-state index contributed by atoms with van der Waals surface area (Å²) in [5, 5.41) is 13.2. The first kappa shape index (κ1) is 18.8. The van der Waals surface area contributed by atoms with E-state index in [1.807, 2.05) is 0 Å². The van der Waals surface area contributed by atoms with Crippen molar-refractivity contribution in [2.45, 2.75) is 18.7 Å². The van der Waals surface area contributed by atoms with Crippen LogP contribution < -0.4 is 10.1 Å². The Labute approximate surface area is 157 Å². The molecular weight excluding hydrogens is 368 g/mol. The lowest BCUT2D eigenvalue weighted by Gasteiger charge is -2.29. The van der Waals surface area contributed by atoms with Crippen molar-refractivity contribution in [2.24, 2.45) is 0 Å². The third-order valence-electron chi connectivity index (χ3n) is 4.40. The van der Waals surface area contributed by atoms with Gasteiger partial charge >= 0.3 is 0 Å². The van der Waals surface area contributed by atoms with E-state index in [0.717, 1.165) is 9.87 Å². The fraction of sp³-hybridized carbons (Fsp3) is 0.211. The number of aryl methyl sites for hydroxylation is 2. The summed E-state index contributed by atoms with van der Waals surface area (Å²) in [6.07, 6.45) is 0. The molecule has 0 saturated carbocycles. The van der Waals surface area contributed by atoms with Gasteiger partial charge in [-0.25, -0.2) is 12.7 Å². The smallest absolute Gasteiger partial charge is 0.267 e. The highest BCUT2D eigenvalue weighted by Crippen LogP contribution is 2.38. The van der Waals surface area contributed by atoms with Gasteiger partial charge < -0.3 is 15.2 Å². The summed E-state index contributed by atoms with van der Waals surface area (Å²) in [6.45, 7) is 3.47. The van der Waals surface area contributed by atoms with E-state index >= 15 is 0 Å². The number of methoxy groups -OCH3 is 1. The number of fused-ring (bicyclic) bond motifs is 1. The Morgan fingerprint density at radius 2 is 1.78 bits per heavy atom. The second-order valence-corrected chi connectivity index (χ2v) is 8.22. The number of hydrogen-bond donors (Lipinski definition) is 2. The van der Waals surface area contributed by atoms with Crippen molar-refractivity contribution in [2.75, 3.05) is 19.5 Å². The fourth-order valence-corrected chi connectivity index (χ4v) is 4.60. The highest BCUT2D eigenvalue weighted by molar-refractivity contribution is 7.89. The lowest BCUT2D eigenvalue weighted by molar-refractivity contribution is -0.111. The first-order valence-corrected chi connectivity index (χ1v) is 9.60. The maximum atomic E-state index is 12.9. The van der Waals surface area contributed by atoms with E-state index in [4.69, 9.17) is 4.74 Å². The lowest BCUT2D eigenvalue weighted by Crippen LogP contribution is -2.34. The van der Waals surface area contributed by atoms with Crippen molar-refractivity contribution in [1.29, 1.82) is 0 Å². The van der Waals surface area contributed by atoms with Crippen molar-refractivity contribution >= 4 is 27.2 Å². The van der Waals surface area contributed by atoms with Gasteiger partial charge in [0.05, 0.1) is 12.0 Å². The van der Waals surface area contributed by atoms with E-state index in [1.54, 1.807) is 50.2 Å². The van der Waals surface area contributed by atoms with E-state index in [1.165, 1.54) is 14.2 Å². The second-order valence-electron chi connectivity index (χ2n) is 6.31. The quantitative estimate of drug-likeness (QED) is 0.843. The number of rotatable bonds is 3. The van der Waals surface area contributed by atoms with Crippen LogP contribution in [0.3, 0.4) is 0 Å². The van der Waals surface area contributed by atoms with Gasteiger partial charge in [-0.3, -0.25) is 4.79 Å². The van der Waals surface area contributed by atoms with Crippen LogP contribution in [0.25, 0.3) is 5.57 Å². The van der Waals surface area contributed by atoms with Crippen LogP contribution in [0, 0.1) is 13.8 Å². The molecule has 1 aliphatic heterocycles. The number of aliphatic hydroxyl groups is 1. The predicted octanol–water partition coefficient (Wildman–Crippen LogP) is 2.81. The van der Waals surface area contributed by atoms with Gasteiger partial charge in [-0.1, -0.05) is 11.6 Å². The summed E-state index contributed by atoms with van der Waals surface area (Å²) in [5.41, 5.74) is 1.88. The van der Waals surface area contributed by atoms with Crippen LogP contribution in [0.5, 0.6) is 5.75 Å². The monoisotopic (exact) mass is 388 g/mol. The van der Waals surface area contributed by atoms with Gasteiger partial charge in [-0.2, -0.15) is 0 Å². The number of aliphatic hydroxyl groups excluding tert-OH is 1. The molecule has 0 bridgehead atoms. The Balaban J connectivity index is 2.11. The minimum absolute atomic E-state index is 0.0216. The van der Waals surface area contributed by atoms with Crippen molar-refractivity contribution in [3.8, 4) is 5.75 Å². The third-order valence-corrected chi connectivity index (χ3v) is 6.36. The van der Waals surface area contributed by atoms with Gasteiger partial charge in [-0.15, -0.1) is 0 Å². The zero-order valence-corrected chi connectivity index (χ0v) is 16.2. The van der Waals surface area contributed by atoms with Crippen LogP contribution in [0.15, 0.2) is 47.2 Å². The fourth-order valence-electron chi connectivity index (χ4n) is 3.10. The van der Waals surface area contributed by atoms with E-state index in [0.29, 0.717) is 17.0 Å². The molecule has 0 aromatic heterocycles. The maximum absolute atomic E-state index is 12.9. The number of hydrogen-bond acceptors (Lipinski definition) is 5. The summed E-state index contributed by atoms with van der Waals surface area (Å²) < 4.78 is 31.3. The molecule has 7 nitrogen and oxygen atoms in total. The first-order valence-electron chi connectivity index (χ1n) is 8.16. The zero-order valence-electron chi connectivity index (χ0n) is 15.4. The number of nitrogens with one attached hydrogen (secondary N) is 1. The molecule has 2 N–H and O–H groups in total. The van der Waals surface area contributed by atoms with Crippen molar-refractivity contribution < 1.29 is 23.1 Å². The standard InChI is InChI=1S/C19H20N2O5S/c1-11-9-12(2)17-15(10-11)16(19(23)21(3)27(17,24)25)18(22)20-13-5-7-14(26-4)8-6-13/h5-10,23H,1-4H3,(H,20,22). The van der Waals surface area contributed by atoms with E-state index in [-0.39, 0.29) is 16.0 Å². The van der Waals surface area contributed by atoms with Gasteiger partial charge in [-0.05, 0) is 49.7 Å². The molecule has 2 aromatic carbocycles. The largest absolute Gasteiger partial charge is 0.497 e. The predicted molar refractivity (Wildman–Crippen MR) is 102 cm³/mol. The van der Waals surface area contributed by atoms with Crippen LogP contribution in [-0.2, 0) is 14.8 Å². The summed E-state index contributed by atoms with van der Waals surface area (Å²) in [7, 11) is -1.18. The molecule has 0 spiro atoms. The Hall–Kier alpha value is -3.00. The zero-order chi connectivity index (χ0) is 19.9. The summed E-state index contributed by atoms with van der Waals surface area (Å²) in [6, 6.07) is 9.99. The number of anilines is 1. The summed E-state index contributed by atoms with van der Waals surface area (Å²) in [4.78, 5) is 12.9. The molecule has 27 heavy (non-hydrogen) atoms. The minimum atomic E-state index is -3.94. The average molecular weight is 388 g/mol. The molecule has 0 unspecified atom stereocenters. The Morgan fingerprint density at radius 3 is 2.37 bits per heavy atom. The number of sulfonamides is 1. The molecule has 0 aliphatic carbocycles. The normalized spacial score (nSPS) is 15.3. The SMILES string of the molecule is COc1ccc(NC(=O)C2=C(O)N(C)S(=O)(=O)c3c(C)cc(C)cc32)cc1. The van der Waals surface area contributed by atoms with E-state index in [9.17, 15) is 18.3 Å². The van der Waals surface area contributed by atoms with Gasteiger partial charge in [0.1, 0.15) is 11.3 Å².